The summed E-state index contributed by atoms with van der Waals surface area (Å²) in [6.45, 7) is 0. The molecule has 7 aliphatic rings. The molecule has 2 saturated heterocycles. The van der Waals surface area contributed by atoms with Crippen molar-refractivity contribution in [2.45, 2.75) is 82.3 Å². The van der Waals surface area contributed by atoms with Crippen molar-refractivity contribution in [2.75, 3.05) is 7.11 Å². The zero-order valence-corrected chi connectivity index (χ0v) is 20.9. The van der Waals surface area contributed by atoms with Gasteiger partial charge in [-0.05, 0) is 100 Å². The first-order chi connectivity index (χ1) is 17.4. The normalized spacial score (nSPS) is 38.9. The lowest BCUT2D eigenvalue weighted by atomic mass is 9.49. The lowest BCUT2D eigenvalue weighted by molar-refractivity contribution is -0.164. The topological polar surface area (TPSA) is 84.0 Å². The smallest absolute Gasteiger partial charge is 0.329 e. The first-order valence-electron chi connectivity index (χ1n) is 13.8. The molecule has 8 rings (SSSR count). The Morgan fingerprint density at radius 3 is 1.83 bits per heavy atom. The maximum atomic E-state index is 14.2. The van der Waals surface area contributed by atoms with Crippen LogP contribution in [0.5, 0.6) is 0 Å². The van der Waals surface area contributed by atoms with E-state index in [1.54, 1.807) is 24.3 Å². The Labute approximate surface area is 211 Å². The second-order valence-corrected chi connectivity index (χ2v) is 12.5. The van der Waals surface area contributed by atoms with Crippen LogP contribution >= 0.6 is 0 Å². The summed E-state index contributed by atoms with van der Waals surface area (Å²) < 4.78 is 5.14. The molecule has 1 aromatic carbocycles. The number of rotatable bonds is 4. The fraction of sp³-hybridized carbons (Fsp3) is 0.655. The van der Waals surface area contributed by atoms with Gasteiger partial charge in [-0.3, -0.25) is 19.3 Å². The maximum absolute atomic E-state index is 14.2. The van der Waals surface area contributed by atoms with E-state index in [2.05, 4.69) is 4.90 Å². The van der Waals surface area contributed by atoms with Gasteiger partial charge in [0.25, 0.3) is 11.8 Å². The van der Waals surface area contributed by atoms with E-state index < -0.39 is 23.8 Å². The van der Waals surface area contributed by atoms with E-state index in [0.717, 1.165) is 37.0 Å². The molecule has 6 bridgehead atoms. The molecule has 7 nitrogen and oxygen atoms in total. The van der Waals surface area contributed by atoms with E-state index in [9.17, 15) is 19.2 Å². The molecule has 3 heterocycles. The van der Waals surface area contributed by atoms with Crippen LogP contribution in [0.3, 0.4) is 0 Å². The van der Waals surface area contributed by atoms with Gasteiger partial charge in [0.1, 0.15) is 6.04 Å². The van der Waals surface area contributed by atoms with Crippen LogP contribution in [0.15, 0.2) is 24.3 Å². The highest BCUT2D eigenvalue weighted by Gasteiger charge is 2.59. The Bertz CT molecular complexity index is 1080. The Kier molecular flexibility index (Phi) is 4.93. The van der Waals surface area contributed by atoms with Gasteiger partial charge >= 0.3 is 5.97 Å². The lowest BCUT2D eigenvalue weighted by Crippen LogP contribution is -2.60. The summed E-state index contributed by atoms with van der Waals surface area (Å²) in [7, 11) is 1.31. The molecule has 3 aliphatic heterocycles. The summed E-state index contributed by atoms with van der Waals surface area (Å²) in [5, 5.41) is 0. The largest absolute Gasteiger partial charge is 0.467 e. The summed E-state index contributed by atoms with van der Waals surface area (Å²) in [5.41, 5.74) is 0.509. The third-order valence-electron chi connectivity index (χ3n) is 10.5. The molecule has 4 aliphatic carbocycles. The number of carbonyl (C=O) groups is 4. The second-order valence-electron chi connectivity index (χ2n) is 12.5. The van der Waals surface area contributed by atoms with Crippen LogP contribution in [-0.2, 0) is 14.3 Å². The minimum absolute atomic E-state index is 0.0663. The Morgan fingerprint density at radius 2 is 1.36 bits per heavy atom. The predicted octanol–water partition coefficient (Wildman–Crippen LogP) is 3.81. The number of esters is 1. The number of benzene rings is 1. The third kappa shape index (κ3) is 3.10. The molecule has 4 saturated carbocycles. The highest BCUT2D eigenvalue weighted by atomic mass is 16.5. The van der Waals surface area contributed by atoms with Crippen molar-refractivity contribution in [3.8, 4) is 0 Å². The maximum Gasteiger partial charge on any atom is 0.329 e. The number of fused-ring (bicyclic) bond motifs is 3. The predicted molar refractivity (Wildman–Crippen MR) is 130 cm³/mol. The Morgan fingerprint density at radius 1 is 0.861 bits per heavy atom. The van der Waals surface area contributed by atoms with Gasteiger partial charge in [-0.25, -0.2) is 4.79 Å². The molecular formula is C29H34N2O5. The van der Waals surface area contributed by atoms with Crippen LogP contribution in [0.1, 0.15) is 84.9 Å². The van der Waals surface area contributed by atoms with E-state index in [1.807, 2.05) is 0 Å². The first-order valence-corrected chi connectivity index (χ1v) is 13.8. The van der Waals surface area contributed by atoms with Gasteiger partial charge in [-0.1, -0.05) is 12.1 Å². The van der Waals surface area contributed by atoms with Crippen LogP contribution in [0, 0.1) is 29.1 Å². The van der Waals surface area contributed by atoms with Gasteiger partial charge in [0, 0.05) is 12.1 Å². The van der Waals surface area contributed by atoms with Crippen molar-refractivity contribution in [1.82, 2.24) is 9.80 Å². The molecule has 0 aromatic heterocycles. The number of amides is 3. The van der Waals surface area contributed by atoms with Crippen LogP contribution < -0.4 is 0 Å². The van der Waals surface area contributed by atoms with Crippen molar-refractivity contribution in [3.63, 3.8) is 0 Å². The van der Waals surface area contributed by atoms with Crippen LogP contribution in [0.2, 0.25) is 0 Å². The molecule has 3 amide bonds. The molecule has 6 fully saturated rings. The Hall–Kier alpha value is -2.70. The van der Waals surface area contributed by atoms with E-state index in [0.29, 0.717) is 47.6 Å². The Balaban J connectivity index is 1.15. The molecular weight excluding hydrogens is 456 g/mol. The van der Waals surface area contributed by atoms with E-state index in [1.165, 1.54) is 26.4 Å². The second kappa shape index (κ2) is 7.90. The number of piperidine rings is 1. The number of hydrogen-bond acceptors (Lipinski definition) is 5. The van der Waals surface area contributed by atoms with Crippen LogP contribution in [-0.4, -0.2) is 58.7 Å². The van der Waals surface area contributed by atoms with Crippen molar-refractivity contribution in [1.29, 1.82) is 0 Å². The zero-order valence-electron chi connectivity index (χ0n) is 20.9. The molecule has 7 heteroatoms. The number of imide groups is 1. The summed E-state index contributed by atoms with van der Waals surface area (Å²) in [4.78, 5) is 57.1. The molecule has 36 heavy (non-hydrogen) atoms. The summed E-state index contributed by atoms with van der Waals surface area (Å²) in [5.74, 6) is 0.903. The summed E-state index contributed by atoms with van der Waals surface area (Å²) in [6.07, 6.45) is 10.2. The van der Waals surface area contributed by atoms with Crippen molar-refractivity contribution >= 4 is 23.7 Å². The molecule has 0 N–H and O–H groups in total. The zero-order chi connectivity index (χ0) is 24.8. The quantitative estimate of drug-likeness (QED) is 0.473. The molecule has 2 unspecified atom stereocenters. The highest BCUT2D eigenvalue weighted by Crippen LogP contribution is 2.61. The van der Waals surface area contributed by atoms with Gasteiger partial charge in [-0.15, -0.1) is 0 Å². The summed E-state index contributed by atoms with van der Waals surface area (Å²) >= 11 is 0. The minimum atomic E-state index is -0.956. The number of carbonyl (C=O) groups excluding carboxylic acids is 4. The van der Waals surface area contributed by atoms with Crippen LogP contribution in [0.4, 0.5) is 0 Å². The van der Waals surface area contributed by atoms with E-state index in [-0.39, 0.29) is 23.4 Å². The number of methoxy groups -OCH3 is 1. The fourth-order valence-electron chi connectivity index (χ4n) is 9.54. The number of hydrogen-bond donors (Lipinski definition) is 0. The minimum Gasteiger partial charge on any atom is -0.467 e. The van der Waals surface area contributed by atoms with E-state index >= 15 is 0 Å². The highest BCUT2D eigenvalue weighted by molar-refractivity contribution is 6.22. The van der Waals surface area contributed by atoms with Gasteiger partial charge in [0.15, 0.2) is 0 Å². The lowest BCUT2D eigenvalue weighted by Gasteiger charge is -2.57. The number of ether oxygens (including phenoxy) is 1. The van der Waals surface area contributed by atoms with Gasteiger partial charge in [0.05, 0.1) is 23.7 Å². The summed E-state index contributed by atoms with van der Waals surface area (Å²) in [6, 6.07) is 5.92. The SMILES string of the molecule is COC(=O)[C@H](C1CC2CCC(C1)N2C(=O)C12CC3CC(CC(C3)C1)C2)N1C(=O)c2ccccc2C1=O. The molecule has 0 spiro atoms. The molecule has 190 valence electrons. The van der Waals surface area contributed by atoms with Crippen molar-refractivity contribution in [3.05, 3.63) is 35.4 Å². The van der Waals surface area contributed by atoms with Gasteiger partial charge in [0.2, 0.25) is 5.91 Å². The third-order valence-corrected chi connectivity index (χ3v) is 10.5. The van der Waals surface area contributed by atoms with Gasteiger partial charge < -0.3 is 9.64 Å². The van der Waals surface area contributed by atoms with Crippen molar-refractivity contribution in [2.24, 2.45) is 29.1 Å². The molecule has 3 atom stereocenters. The first kappa shape index (κ1) is 22.5. The standard InChI is InChI=1S/C29H34N2O5/c1-36-27(34)24(31-25(32)22-4-2-3-5-23(22)26(31)33)19-11-20-6-7-21(12-19)30(20)28(35)29-13-16-8-17(14-29)10-18(9-16)15-29/h2-5,16-21,24H,6-15H2,1H3/t16?,17?,18?,19?,20?,21?,24-,29?/m0/s1. The van der Waals surface area contributed by atoms with Gasteiger partial charge in [-0.2, -0.15) is 0 Å². The number of nitrogens with zero attached hydrogens (tertiary/aromatic N) is 2. The average molecular weight is 491 g/mol. The monoisotopic (exact) mass is 490 g/mol. The van der Waals surface area contributed by atoms with Crippen LogP contribution in [0.25, 0.3) is 0 Å². The fourth-order valence-corrected chi connectivity index (χ4v) is 9.54. The van der Waals surface area contributed by atoms with E-state index in [4.69, 9.17) is 4.74 Å². The van der Waals surface area contributed by atoms with Crippen molar-refractivity contribution < 1.29 is 23.9 Å². The average Bonchev–Trinajstić information content (AvgIpc) is 3.27. The molecule has 1 aromatic rings. The molecule has 0 radical (unpaired) electrons.